The fourth-order valence-corrected chi connectivity index (χ4v) is 2.01. The summed E-state index contributed by atoms with van der Waals surface area (Å²) in [5.41, 5.74) is 3.56. The zero-order valence-corrected chi connectivity index (χ0v) is 12.8. The molecule has 4 N–H and O–H groups in total. The van der Waals surface area contributed by atoms with Crippen molar-refractivity contribution in [3.05, 3.63) is 39.7 Å². The van der Waals surface area contributed by atoms with E-state index in [2.05, 4.69) is 50.2 Å². The van der Waals surface area contributed by atoms with Crippen molar-refractivity contribution in [3.8, 4) is 0 Å². The lowest BCUT2D eigenvalue weighted by Gasteiger charge is -2.09. The first-order chi connectivity index (χ1) is 9.21. The Morgan fingerprint density at radius 1 is 1.16 bits per heavy atom. The van der Waals surface area contributed by atoms with Crippen LogP contribution in [0.2, 0.25) is 0 Å². The number of hydrogen-bond donors (Lipinski definition) is 3. The number of benzene rings is 1. The fraction of sp³-hybridized carbons (Fsp3) is 0.231. The molecule has 0 unspecified atom stereocenters. The lowest BCUT2D eigenvalue weighted by atomic mass is 10.3. The van der Waals surface area contributed by atoms with Gasteiger partial charge in [-0.3, -0.25) is 0 Å². The summed E-state index contributed by atoms with van der Waals surface area (Å²) >= 11 is 2.28. The van der Waals surface area contributed by atoms with Crippen molar-refractivity contribution >= 4 is 39.9 Å². The second-order valence-corrected chi connectivity index (χ2v) is 5.33. The lowest BCUT2D eigenvalue weighted by Crippen LogP contribution is -2.11. The van der Waals surface area contributed by atoms with Gasteiger partial charge in [0.15, 0.2) is 0 Å². The molecule has 0 amide bonds. The number of nitrogens with zero attached hydrogens (tertiary/aromatic N) is 2. The quantitative estimate of drug-likeness (QED) is 0.429. The van der Waals surface area contributed by atoms with Crippen LogP contribution in [0, 0.1) is 3.57 Å². The van der Waals surface area contributed by atoms with Crippen LogP contribution in [0.5, 0.6) is 0 Å². The molecule has 100 valence electrons. The third kappa shape index (κ3) is 4.03. The van der Waals surface area contributed by atoms with Crippen LogP contribution in [0.25, 0.3) is 0 Å². The standard InChI is InChI=1S/C13H16IN5/c1-2-3-11-17-12(8-13(18-11)19-15)16-10-6-4-9(14)5-7-10/h4-8H,2-3,15H2,1H3,(H2,16,17,18,19). The number of rotatable bonds is 5. The van der Waals surface area contributed by atoms with Gasteiger partial charge in [-0.1, -0.05) is 6.92 Å². The number of hydrazine groups is 1. The van der Waals surface area contributed by atoms with E-state index < -0.39 is 0 Å². The van der Waals surface area contributed by atoms with Crippen LogP contribution in [-0.2, 0) is 6.42 Å². The van der Waals surface area contributed by atoms with Gasteiger partial charge in [-0.25, -0.2) is 15.8 Å². The predicted octanol–water partition coefficient (Wildman–Crippen LogP) is 3.06. The second-order valence-electron chi connectivity index (χ2n) is 4.08. The molecule has 1 aromatic heterocycles. The number of nitrogens with two attached hydrogens (primary N) is 1. The average molecular weight is 369 g/mol. The molecular weight excluding hydrogens is 353 g/mol. The van der Waals surface area contributed by atoms with Crippen LogP contribution >= 0.6 is 22.6 Å². The van der Waals surface area contributed by atoms with E-state index in [1.807, 2.05) is 24.3 Å². The van der Waals surface area contributed by atoms with Gasteiger partial charge in [0.05, 0.1) is 0 Å². The summed E-state index contributed by atoms with van der Waals surface area (Å²) in [6, 6.07) is 9.90. The summed E-state index contributed by atoms with van der Waals surface area (Å²) in [5.74, 6) is 7.57. The molecular formula is C13H16IN5. The lowest BCUT2D eigenvalue weighted by molar-refractivity contribution is 0.837. The first-order valence-electron chi connectivity index (χ1n) is 6.08. The monoisotopic (exact) mass is 369 g/mol. The Morgan fingerprint density at radius 2 is 1.84 bits per heavy atom. The van der Waals surface area contributed by atoms with Gasteiger partial charge >= 0.3 is 0 Å². The van der Waals surface area contributed by atoms with Gasteiger partial charge in [0, 0.05) is 21.7 Å². The molecule has 0 bridgehead atoms. The Labute approximate surface area is 126 Å². The van der Waals surface area contributed by atoms with E-state index in [4.69, 9.17) is 5.84 Å². The van der Waals surface area contributed by atoms with Crippen molar-refractivity contribution in [1.82, 2.24) is 9.97 Å². The Balaban J connectivity index is 2.23. The normalized spacial score (nSPS) is 10.3. The number of aromatic nitrogens is 2. The molecule has 19 heavy (non-hydrogen) atoms. The third-order valence-corrected chi connectivity index (χ3v) is 3.23. The molecule has 0 spiro atoms. The topological polar surface area (TPSA) is 75.9 Å². The van der Waals surface area contributed by atoms with Crippen molar-refractivity contribution in [2.24, 2.45) is 5.84 Å². The number of hydrogen-bond acceptors (Lipinski definition) is 5. The van der Waals surface area contributed by atoms with Crippen molar-refractivity contribution < 1.29 is 0 Å². The molecule has 0 radical (unpaired) electrons. The number of halogens is 1. The predicted molar refractivity (Wildman–Crippen MR) is 86.3 cm³/mol. The minimum absolute atomic E-state index is 0.617. The third-order valence-electron chi connectivity index (χ3n) is 2.51. The first-order valence-corrected chi connectivity index (χ1v) is 7.16. The van der Waals surface area contributed by atoms with E-state index in [9.17, 15) is 0 Å². The van der Waals surface area contributed by atoms with Crippen LogP contribution in [0.15, 0.2) is 30.3 Å². The molecule has 5 nitrogen and oxygen atoms in total. The van der Waals surface area contributed by atoms with E-state index in [1.54, 1.807) is 6.07 Å². The molecule has 2 rings (SSSR count). The highest BCUT2D eigenvalue weighted by Gasteiger charge is 2.04. The van der Waals surface area contributed by atoms with Gasteiger partial charge in [0.1, 0.15) is 17.5 Å². The summed E-state index contributed by atoms with van der Waals surface area (Å²) in [6.45, 7) is 2.10. The van der Waals surface area contributed by atoms with E-state index in [0.29, 0.717) is 5.82 Å². The van der Waals surface area contributed by atoms with Crippen LogP contribution < -0.4 is 16.6 Å². The first kappa shape index (κ1) is 14.0. The highest BCUT2D eigenvalue weighted by Crippen LogP contribution is 2.18. The van der Waals surface area contributed by atoms with Crippen LogP contribution in [0.3, 0.4) is 0 Å². The van der Waals surface area contributed by atoms with Crippen LogP contribution in [0.1, 0.15) is 19.2 Å². The molecule has 1 aromatic carbocycles. The fourth-order valence-electron chi connectivity index (χ4n) is 1.65. The second kappa shape index (κ2) is 6.67. The summed E-state index contributed by atoms with van der Waals surface area (Å²) < 4.78 is 1.20. The summed E-state index contributed by atoms with van der Waals surface area (Å²) in [5, 5.41) is 3.25. The molecule has 1 heterocycles. The maximum Gasteiger partial charge on any atom is 0.145 e. The molecule has 0 aliphatic heterocycles. The van der Waals surface area contributed by atoms with E-state index in [0.717, 1.165) is 30.2 Å². The number of aryl methyl sites for hydroxylation is 1. The highest BCUT2D eigenvalue weighted by molar-refractivity contribution is 14.1. The molecule has 2 aromatic rings. The van der Waals surface area contributed by atoms with Gasteiger partial charge in [-0.05, 0) is 53.3 Å². The summed E-state index contributed by atoms with van der Waals surface area (Å²) in [7, 11) is 0. The van der Waals surface area contributed by atoms with Crippen molar-refractivity contribution in [2.45, 2.75) is 19.8 Å². The van der Waals surface area contributed by atoms with Gasteiger partial charge in [0.2, 0.25) is 0 Å². The molecule has 0 saturated carbocycles. The van der Waals surface area contributed by atoms with E-state index in [1.165, 1.54) is 3.57 Å². The maximum absolute atomic E-state index is 5.43. The van der Waals surface area contributed by atoms with Crippen LogP contribution in [-0.4, -0.2) is 9.97 Å². The van der Waals surface area contributed by atoms with Gasteiger partial charge in [0.25, 0.3) is 0 Å². The van der Waals surface area contributed by atoms with E-state index >= 15 is 0 Å². The smallest absolute Gasteiger partial charge is 0.145 e. The SMILES string of the molecule is CCCc1nc(NN)cc(Nc2ccc(I)cc2)n1. The Morgan fingerprint density at radius 3 is 2.47 bits per heavy atom. The van der Waals surface area contributed by atoms with Crippen molar-refractivity contribution in [2.75, 3.05) is 10.7 Å². The van der Waals surface area contributed by atoms with Crippen molar-refractivity contribution in [1.29, 1.82) is 0 Å². The minimum Gasteiger partial charge on any atom is -0.340 e. The number of anilines is 3. The van der Waals surface area contributed by atoms with Gasteiger partial charge < -0.3 is 10.7 Å². The molecule has 0 aliphatic carbocycles. The zero-order chi connectivity index (χ0) is 13.7. The van der Waals surface area contributed by atoms with Crippen molar-refractivity contribution in [3.63, 3.8) is 0 Å². The highest BCUT2D eigenvalue weighted by atomic mass is 127. The number of nitrogens with one attached hydrogen (secondary N) is 2. The number of nitrogen functional groups attached to an aromatic ring is 1. The zero-order valence-electron chi connectivity index (χ0n) is 10.7. The average Bonchev–Trinajstić information content (AvgIpc) is 2.41. The largest absolute Gasteiger partial charge is 0.340 e. The van der Waals surface area contributed by atoms with Crippen LogP contribution in [0.4, 0.5) is 17.3 Å². The molecule has 0 fully saturated rings. The molecule has 0 saturated heterocycles. The van der Waals surface area contributed by atoms with E-state index in [-0.39, 0.29) is 0 Å². The summed E-state index contributed by atoms with van der Waals surface area (Å²) in [6.07, 6.45) is 1.83. The Bertz CT molecular complexity index is 541. The molecule has 0 aliphatic rings. The molecule has 0 atom stereocenters. The van der Waals surface area contributed by atoms with Gasteiger partial charge in [-0.2, -0.15) is 0 Å². The van der Waals surface area contributed by atoms with Gasteiger partial charge in [-0.15, -0.1) is 0 Å². The summed E-state index contributed by atoms with van der Waals surface area (Å²) in [4.78, 5) is 8.78. The Kier molecular flexibility index (Phi) is 4.92. The minimum atomic E-state index is 0.617. The molecule has 6 heteroatoms. The Hall–Kier alpha value is -1.41. The maximum atomic E-state index is 5.43.